The van der Waals surface area contributed by atoms with Gasteiger partial charge in [-0.05, 0) is 37.1 Å². The third kappa shape index (κ3) is 2.81. The minimum absolute atomic E-state index is 0.822. The minimum Gasteiger partial charge on any atom is -0.497 e. The second kappa shape index (κ2) is 5.83. The molecule has 0 radical (unpaired) electrons. The average Bonchev–Trinajstić information content (AvgIpc) is 2.90. The number of rotatable bonds is 5. The molecule has 0 amide bonds. The number of fused-ring (bicyclic) bond motifs is 1. The Hall–Kier alpha value is -2.56. The molecule has 108 valence electrons. The van der Waals surface area contributed by atoms with Crippen LogP contribution in [-0.4, -0.2) is 28.8 Å². The van der Waals surface area contributed by atoms with Gasteiger partial charge in [0.25, 0.3) is 0 Å². The predicted molar refractivity (Wildman–Crippen MR) is 83.8 cm³/mol. The molecule has 0 spiro atoms. The Balaban J connectivity index is 1.67. The van der Waals surface area contributed by atoms with Crippen molar-refractivity contribution < 1.29 is 4.74 Å². The highest BCUT2D eigenvalue weighted by molar-refractivity contribution is 5.91. The zero-order chi connectivity index (χ0) is 14.7. The smallest absolute Gasteiger partial charge is 0.137 e. The van der Waals surface area contributed by atoms with Crippen LogP contribution in [0.2, 0.25) is 0 Å². The summed E-state index contributed by atoms with van der Waals surface area (Å²) in [4.78, 5) is 4.41. The topological polar surface area (TPSA) is 62.8 Å². The van der Waals surface area contributed by atoms with Crippen molar-refractivity contribution in [1.29, 1.82) is 0 Å². The van der Waals surface area contributed by atoms with Crippen LogP contribution in [0.5, 0.6) is 5.75 Å². The predicted octanol–water partition coefficient (Wildman–Crippen LogP) is 2.93. The number of aromatic amines is 1. The molecule has 5 nitrogen and oxygen atoms in total. The molecule has 0 aliphatic rings. The van der Waals surface area contributed by atoms with E-state index >= 15 is 0 Å². The van der Waals surface area contributed by atoms with E-state index in [1.807, 2.05) is 25.1 Å². The summed E-state index contributed by atoms with van der Waals surface area (Å²) in [7, 11) is 1.68. The quantitative estimate of drug-likeness (QED) is 0.755. The number of hydrogen-bond donors (Lipinski definition) is 2. The van der Waals surface area contributed by atoms with Gasteiger partial charge in [0.05, 0.1) is 18.0 Å². The van der Waals surface area contributed by atoms with E-state index in [0.717, 1.165) is 41.1 Å². The number of H-pyrrole nitrogens is 1. The summed E-state index contributed by atoms with van der Waals surface area (Å²) in [5, 5.41) is 11.7. The van der Waals surface area contributed by atoms with Crippen LogP contribution in [0.4, 0.5) is 5.82 Å². The van der Waals surface area contributed by atoms with Crippen molar-refractivity contribution in [3.05, 3.63) is 47.8 Å². The molecule has 0 atom stereocenters. The normalized spacial score (nSPS) is 10.8. The van der Waals surface area contributed by atoms with Crippen molar-refractivity contribution >= 4 is 16.7 Å². The summed E-state index contributed by atoms with van der Waals surface area (Å²) in [6.07, 6.45) is 2.71. The largest absolute Gasteiger partial charge is 0.497 e. The Morgan fingerprint density at radius 1 is 1.19 bits per heavy atom. The molecule has 2 aromatic heterocycles. The van der Waals surface area contributed by atoms with Gasteiger partial charge in [-0.25, -0.2) is 4.98 Å². The number of pyridine rings is 1. The molecule has 0 bridgehead atoms. The van der Waals surface area contributed by atoms with Gasteiger partial charge in [0, 0.05) is 18.4 Å². The van der Waals surface area contributed by atoms with Gasteiger partial charge in [-0.1, -0.05) is 12.1 Å². The molecule has 21 heavy (non-hydrogen) atoms. The summed E-state index contributed by atoms with van der Waals surface area (Å²) in [5.41, 5.74) is 3.24. The summed E-state index contributed by atoms with van der Waals surface area (Å²) < 4.78 is 5.16. The molecule has 0 unspecified atom stereocenters. The first kappa shape index (κ1) is 13.4. The third-order valence-electron chi connectivity index (χ3n) is 3.51. The van der Waals surface area contributed by atoms with E-state index in [2.05, 4.69) is 32.6 Å². The number of anilines is 1. The van der Waals surface area contributed by atoms with Crippen molar-refractivity contribution in [2.24, 2.45) is 0 Å². The Kier molecular flexibility index (Phi) is 3.73. The van der Waals surface area contributed by atoms with E-state index in [-0.39, 0.29) is 0 Å². The lowest BCUT2D eigenvalue weighted by Gasteiger charge is -2.07. The van der Waals surface area contributed by atoms with E-state index in [1.165, 1.54) is 5.56 Å². The van der Waals surface area contributed by atoms with Gasteiger partial charge < -0.3 is 10.1 Å². The molecule has 0 aliphatic heterocycles. The average molecular weight is 282 g/mol. The maximum Gasteiger partial charge on any atom is 0.137 e. The van der Waals surface area contributed by atoms with Crippen molar-refractivity contribution in [3.8, 4) is 5.75 Å². The van der Waals surface area contributed by atoms with Crippen LogP contribution in [0.25, 0.3) is 10.9 Å². The Labute approximate surface area is 123 Å². The van der Waals surface area contributed by atoms with Gasteiger partial charge in [-0.15, -0.1) is 0 Å². The van der Waals surface area contributed by atoms with Crippen molar-refractivity contribution in [2.75, 3.05) is 19.0 Å². The molecule has 5 heteroatoms. The van der Waals surface area contributed by atoms with Crippen LogP contribution < -0.4 is 10.1 Å². The first-order chi connectivity index (χ1) is 10.3. The second-order valence-corrected chi connectivity index (χ2v) is 4.93. The zero-order valence-electron chi connectivity index (χ0n) is 12.2. The number of hydrogen-bond acceptors (Lipinski definition) is 4. The lowest BCUT2D eigenvalue weighted by molar-refractivity contribution is 0.414. The SMILES string of the molecule is COc1ccc(CCNc2nccc3n[nH]c(C)c23)cc1. The van der Waals surface area contributed by atoms with Gasteiger partial charge in [0.1, 0.15) is 11.6 Å². The van der Waals surface area contributed by atoms with E-state index in [4.69, 9.17) is 4.74 Å². The van der Waals surface area contributed by atoms with Crippen LogP contribution in [0.1, 0.15) is 11.3 Å². The fraction of sp³-hybridized carbons (Fsp3) is 0.250. The molecule has 2 heterocycles. The summed E-state index contributed by atoms with van der Waals surface area (Å²) in [5.74, 6) is 1.76. The maximum absolute atomic E-state index is 5.16. The highest BCUT2D eigenvalue weighted by atomic mass is 16.5. The van der Waals surface area contributed by atoms with Crippen LogP contribution in [0.3, 0.4) is 0 Å². The highest BCUT2D eigenvalue weighted by Gasteiger charge is 2.07. The Bertz CT molecular complexity index is 734. The van der Waals surface area contributed by atoms with E-state index in [9.17, 15) is 0 Å². The second-order valence-electron chi connectivity index (χ2n) is 4.93. The van der Waals surface area contributed by atoms with Crippen molar-refractivity contribution in [3.63, 3.8) is 0 Å². The molecule has 0 aliphatic carbocycles. The van der Waals surface area contributed by atoms with Crippen LogP contribution >= 0.6 is 0 Å². The number of nitrogens with one attached hydrogen (secondary N) is 2. The molecule has 2 N–H and O–H groups in total. The van der Waals surface area contributed by atoms with Gasteiger partial charge in [-0.2, -0.15) is 5.10 Å². The molecule has 1 aromatic carbocycles. The van der Waals surface area contributed by atoms with Crippen LogP contribution in [0, 0.1) is 6.92 Å². The summed E-state index contributed by atoms with van der Waals surface area (Å²) in [6, 6.07) is 10.0. The van der Waals surface area contributed by atoms with Gasteiger partial charge in [-0.3, -0.25) is 5.10 Å². The van der Waals surface area contributed by atoms with Gasteiger partial charge >= 0.3 is 0 Å². The number of nitrogens with zero attached hydrogens (tertiary/aromatic N) is 2. The van der Waals surface area contributed by atoms with E-state index < -0.39 is 0 Å². The fourth-order valence-corrected chi connectivity index (χ4v) is 2.37. The highest BCUT2D eigenvalue weighted by Crippen LogP contribution is 2.22. The zero-order valence-corrected chi connectivity index (χ0v) is 12.2. The third-order valence-corrected chi connectivity index (χ3v) is 3.51. The number of aryl methyl sites for hydroxylation is 1. The Morgan fingerprint density at radius 3 is 2.76 bits per heavy atom. The minimum atomic E-state index is 0.822. The summed E-state index contributed by atoms with van der Waals surface area (Å²) in [6.45, 7) is 2.83. The lowest BCUT2D eigenvalue weighted by Crippen LogP contribution is -2.06. The van der Waals surface area contributed by atoms with Gasteiger partial charge in [0.15, 0.2) is 0 Å². The van der Waals surface area contributed by atoms with Crippen LogP contribution in [0.15, 0.2) is 36.5 Å². The van der Waals surface area contributed by atoms with E-state index in [0.29, 0.717) is 0 Å². The molecule has 3 aromatic rings. The van der Waals surface area contributed by atoms with Gasteiger partial charge in [0.2, 0.25) is 0 Å². The molecule has 3 rings (SSSR count). The monoisotopic (exact) mass is 282 g/mol. The number of ether oxygens (including phenoxy) is 1. The van der Waals surface area contributed by atoms with Crippen molar-refractivity contribution in [2.45, 2.75) is 13.3 Å². The number of benzene rings is 1. The molecule has 0 fully saturated rings. The number of aromatic nitrogens is 3. The Morgan fingerprint density at radius 2 is 2.00 bits per heavy atom. The molecular weight excluding hydrogens is 264 g/mol. The standard InChI is InChI=1S/C16H18N4O/c1-11-15-14(20-19-11)8-10-18-16(15)17-9-7-12-3-5-13(21-2)6-4-12/h3-6,8,10H,7,9H2,1-2H3,(H,17,18)(H,19,20). The molecular formula is C16H18N4O. The van der Waals surface area contributed by atoms with E-state index in [1.54, 1.807) is 13.3 Å². The van der Waals surface area contributed by atoms with Crippen LogP contribution in [-0.2, 0) is 6.42 Å². The first-order valence-electron chi connectivity index (χ1n) is 6.94. The maximum atomic E-state index is 5.16. The summed E-state index contributed by atoms with van der Waals surface area (Å²) >= 11 is 0. The lowest BCUT2D eigenvalue weighted by atomic mass is 10.1. The first-order valence-corrected chi connectivity index (χ1v) is 6.94. The molecule has 0 saturated heterocycles. The molecule has 0 saturated carbocycles. The fourth-order valence-electron chi connectivity index (χ4n) is 2.37. The van der Waals surface area contributed by atoms with Crippen molar-refractivity contribution in [1.82, 2.24) is 15.2 Å². The number of methoxy groups -OCH3 is 1.